The summed E-state index contributed by atoms with van der Waals surface area (Å²) in [5, 5.41) is 5.98. The fraction of sp³-hybridized carbons (Fsp3) is 0.333. The Labute approximate surface area is 182 Å². The number of benzene rings is 1. The monoisotopic (exact) mass is 413 g/mol. The molecule has 1 fully saturated rings. The van der Waals surface area contributed by atoms with Crippen LogP contribution in [-0.2, 0) is 0 Å². The lowest BCUT2D eigenvalue weighted by molar-refractivity contribution is 0.312. The van der Waals surface area contributed by atoms with Crippen molar-refractivity contribution in [3.05, 3.63) is 60.2 Å². The van der Waals surface area contributed by atoms with Crippen LogP contribution in [0.5, 0.6) is 0 Å². The molecule has 1 unspecified atom stereocenters. The normalized spacial score (nSPS) is 16.0. The Morgan fingerprint density at radius 1 is 1.00 bits per heavy atom. The predicted octanol–water partition coefficient (Wildman–Crippen LogP) is 3.81. The van der Waals surface area contributed by atoms with E-state index in [0.717, 1.165) is 54.5 Å². The van der Waals surface area contributed by atoms with Crippen LogP contribution in [0.3, 0.4) is 0 Å². The number of hydrogen-bond acceptors (Lipinski definition) is 7. The molecule has 1 N–H and O–H groups in total. The van der Waals surface area contributed by atoms with Gasteiger partial charge in [-0.05, 0) is 50.0 Å². The molecule has 0 bridgehead atoms. The molecule has 0 aliphatic carbocycles. The fourth-order valence-electron chi connectivity index (χ4n) is 4.23. The van der Waals surface area contributed by atoms with Gasteiger partial charge in [-0.25, -0.2) is 15.0 Å². The molecule has 1 aromatic carbocycles. The average molecular weight is 414 g/mol. The summed E-state index contributed by atoms with van der Waals surface area (Å²) < 4.78 is 0. The molecule has 1 saturated heterocycles. The number of rotatable bonds is 4. The molecule has 4 aromatic rings. The van der Waals surface area contributed by atoms with Crippen molar-refractivity contribution in [3.63, 3.8) is 0 Å². The zero-order valence-electron chi connectivity index (χ0n) is 18.2. The molecule has 0 spiro atoms. The highest BCUT2D eigenvalue weighted by atomic mass is 15.3. The van der Waals surface area contributed by atoms with Crippen molar-refractivity contribution >= 4 is 33.4 Å². The quantitative estimate of drug-likeness (QED) is 0.546. The highest BCUT2D eigenvalue weighted by molar-refractivity contribution is 5.95. The van der Waals surface area contributed by atoms with Gasteiger partial charge in [-0.1, -0.05) is 18.2 Å². The summed E-state index contributed by atoms with van der Waals surface area (Å²) in [5.74, 6) is 1.81. The number of hydrogen-bond donors (Lipinski definition) is 1. The van der Waals surface area contributed by atoms with Crippen molar-refractivity contribution in [2.24, 2.45) is 0 Å². The summed E-state index contributed by atoms with van der Waals surface area (Å²) in [5.41, 5.74) is 3.85. The minimum Gasteiger partial charge on any atom is -0.360 e. The van der Waals surface area contributed by atoms with E-state index in [1.165, 1.54) is 16.3 Å². The summed E-state index contributed by atoms with van der Waals surface area (Å²) >= 11 is 0. The SMILES string of the molecule is Cc1cccc2cc(C(C)Nc3ncnc4cccnc34)nc(N3CCN(C)CC3)c12. The minimum absolute atomic E-state index is 0.0313. The maximum atomic E-state index is 5.17. The van der Waals surface area contributed by atoms with Gasteiger partial charge in [0, 0.05) is 37.8 Å². The Kier molecular flexibility index (Phi) is 5.11. The molecule has 4 heterocycles. The van der Waals surface area contributed by atoms with Crippen LogP contribution in [0.1, 0.15) is 24.2 Å². The van der Waals surface area contributed by atoms with E-state index >= 15 is 0 Å². The lowest BCUT2D eigenvalue weighted by Crippen LogP contribution is -2.45. The number of piperazine rings is 1. The van der Waals surface area contributed by atoms with Crippen molar-refractivity contribution in [3.8, 4) is 0 Å². The molecule has 1 atom stereocenters. The first-order valence-corrected chi connectivity index (χ1v) is 10.8. The van der Waals surface area contributed by atoms with Gasteiger partial charge in [0.25, 0.3) is 0 Å². The molecule has 5 rings (SSSR count). The van der Waals surface area contributed by atoms with Crippen LogP contribution in [0.15, 0.2) is 48.9 Å². The van der Waals surface area contributed by atoms with E-state index in [4.69, 9.17) is 4.98 Å². The number of aryl methyl sites for hydroxylation is 1. The Bertz CT molecular complexity index is 1230. The maximum absolute atomic E-state index is 5.17. The van der Waals surface area contributed by atoms with Gasteiger partial charge in [-0.2, -0.15) is 0 Å². The zero-order chi connectivity index (χ0) is 21.4. The minimum atomic E-state index is -0.0313. The van der Waals surface area contributed by atoms with Crippen LogP contribution in [0, 0.1) is 6.92 Å². The van der Waals surface area contributed by atoms with Gasteiger partial charge in [-0.3, -0.25) is 4.98 Å². The lowest BCUT2D eigenvalue weighted by Gasteiger charge is -2.34. The van der Waals surface area contributed by atoms with Gasteiger partial charge in [0.1, 0.15) is 17.7 Å². The van der Waals surface area contributed by atoms with Crippen molar-refractivity contribution < 1.29 is 0 Å². The van der Waals surface area contributed by atoms with E-state index in [9.17, 15) is 0 Å². The second-order valence-corrected chi connectivity index (χ2v) is 8.29. The molecule has 0 radical (unpaired) electrons. The molecular formula is C24H27N7. The molecule has 3 aromatic heterocycles. The third kappa shape index (κ3) is 3.77. The first-order valence-electron chi connectivity index (χ1n) is 10.8. The lowest BCUT2D eigenvalue weighted by atomic mass is 10.0. The molecule has 0 amide bonds. The third-order valence-corrected chi connectivity index (χ3v) is 6.06. The Morgan fingerprint density at radius 3 is 2.68 bits per heavy atom. The van der Waals surface area contributed by atoms with Gasteiger partial charge in [0.05, 0.1) is 17.3 Å². The first kappa shape index (κ1) is 19.6. The van der Waals surface area contributed by atoms with Crippen molar-refractivity contribution in [1.29, 1.82) is 0 Å². The van der Waals surface area contributed by atoms with Crippen LogP contribution in [0.25, 0.3) is 21.8 Å². The predicted molar refractivity (Wildman–Crippen MR) is 126 cm³/mol. The number of anilines is 2. The highest BCUT2D eigenvalue weighted by Gasteiger charge is 2.21. The fourth-order valence-corrected chi connectivity index (χ4v) is 4.23. The topological polar surface area (TPSA) is 70.1 Å². The molecule has 0 saturated carbocycles. The number of aromatic nitrogens is 4. The van der Waals surface area contributed by atoms with E-state index < -0.39 is 0 Å². The zero-order valence-corrected chi connectivity index (χ0v) is 18.2. The van der Waals surface area contributed by atoms with Crippen LogP contribution in [0.4, 0.5) is 11.6 Å². The summed E-state index contributed by atoms with van der Waals surface area (Å²) in [6, 6.07) is 12.5. The summed E-state index contributed by atoms with van der Waals surface area (Å²) in [4.78, 5) is 23.2. The molecule has 31 heavy (non-hydrogen) atoms. The van der Waals surface area contributed by atoms with Crippen LogP contribution in [-0.4, -0.2) is 58.1 Å². The molecule has 1 aliphatic rings. The van der Waals surface area contributed by atoms with Gasteiger partial charge in [0.2, 0.25) is 0 Å². The van der Waals surface area contributed by atoms with E-state index in [1.54, 1.807) is 12.5 Å². The van der Waals surface area contributed by atoms with E-state index in [0.29, 0.717) is 0 Å². The second-order valence-electron chi connectivity index (χ2n) is 8.29. The van der Waals surface area contributed by atoms with Crippen molar-refractivity contribution in [2.45, 2.75) is 19.9 Å². The highest BCUT2D eigenvalue weighted by Crippen LogP contribution is 2.32. The smallest absolute Gasteiger partial charge is 0.156 e. The van der Waals surface area contributed by atoms with Gasteiger partial charge in [0.15, 0.2) is 5.82 Å². The van der Waals surface area contributed by atoms with Gasteiger partial charge >= 0.3 is 0 Å². The molecule has 7 heteroatoms. The van der Waals surface area contributed by atoms with E-state index in [2.05, 4.69) is 75.2 Å². The maximum Gasteiger partial charge on any atom is 0.156 e. The van der Waals surface area contributed by atoms with Crippen LogP contribution in [0.2, 0.25) is 0 Å². The summed E-state index contributed by atoms with van der Waals surface area (Å²) in [6.07, 6.45) is 3.34. The molecule has 1 aliphatic heterocycles. The van der Waals surface area contributed by atoms with Crippen LogP contribution < -0.4 is 10.2 Å². The van der Waals surface area contributed by atoms with E-state index in [1.807, 2.05) is 12.1 Å². The summed E-state index contributed by atoms with van der Waals surface area (Å²) in [6.45, 7) is 8.35. The van der Waals surface area contributed by atoms with Crippen molar-refractivity contribution in [2.75, 3.05) is 43.4 Å². The Morgan fingerprint density at radius 2 is 1.84 bits per heavy atom. The first-order chi connectivity index (χ1) is 15.1. The molecule has 7 nitrogen and oxygen atoms in total. The van der Waals surface area contributed by atoms with Gasteiger partial charge in [-0.15, -0.1) is 0 Å². The number of fused-ring (bicyclic) bond motifs is 2. The Balaban J connectivity index is 1.55. The average Bonchev–Trinajstić information content (AvgIpc) is 2.79. The number of nitrogens with zero attached hydrogens (tertiary/aromatic N) is 6. The third-order valence-electron chi connectivity index (χ3n) is 6.06. The molecule has 158 valence electrons. The van der Waals surface area contributed by atoms with E-state index in [-0.39, 0.29) is 6.04 Å². The molecular weight excluding hydrogens is 386 g/mol. The van der Waals surface area contributed by atoms with Crippen LogP contribution >= 0.6 is 0 Å². The van der Waals surface area contributed by atoms with Crippen molar-refractivity contribution in [1.82, 2.24) is 24.8 Å². The largest absolute Gasteiger partial charge is 0.360 e. The summed E-state index contributed by atoms with van der Waals surface area (Å²) in [7, 11) is 2.18. The standard InChI is InChI=1S/C24H27N7/c1-16-6-4-7-18-14-20(29-24(21(16)18)31-12-10-30(3)11-13-31)17(2)28-23-22-19(26-15-27-23)8-5-9-25-22/h4-9,14-15,17H,10-13H2,1-3H3,(H,26,27,28). The number of nitrogens with one attached hydrogen (secondary N) is 1. The number of likely N-dealkylation sites (N-methyl/N-ethyl adjacent to an activating group) is 1. The van der Waals surface area contributed by atoms with Gasteiger partial charge < -0.3 is 15.1 Å². The number of pyridine rings is 2. The second kappa shape index (κ2) is 8.07. The Hall–Kier alpha value is -3.32.